The van der Waals surface area contributed by atoms with Crippen LogP contribution in [0.1, 0.15) is 22.8 Å². The molecule has 1 N–H and O–H groups in total. The van der Waals surface area contributed by atoms with Crippen molar-refractivity contribution in [2.24, 2.45) is 0 Å². The van der Waals surface area contributed by atoms with Crippen LogP contribution in [0, 0.1) is 6.92 Å². The second-order valence-electron chi connectivity index (χ2n) is 5.08. The maximum Gasteiger partial charge on any atom is 0.337 e. The molecule has 0 spiro atoms. The zero-order valence-electron chi connectivity index (χ0n) is 13.5. The van der Waals surface area contributed by atoms with Crippen LogP contribution < -0.4 is 10.2 Å². The third-order valence-electron chi connectivity index (χ3n) is 3.43. The maximum absolute atomic E-state index is 12.5. The first-order valence-corrected chi connectivity index (χ1v) is 7.38. The van der Waals surface area contributed by atoms with Crippen molar-refractivity contribution in [2.75, 3.05) is 23.9 Å². The van der Waals surface area contributed by atoms with Crippen LogP contribution in [0.3, 0.4) is 0 Å². The Kier molecular flexibility index (Phi) is 5.36. The summed E-state index contributed by atoms with van der Waals surface area (Å²) >= 11 is 0. The monoisotopic (exact) mass is 312 g/mol. The fraction of sp³-hybridized carbons (Fsp3) is 0.222. The lowest BCUT2D eigenvalue weighted by molar-refractivity contribution is 0.0601. The van der Waals surface area contributed by atoms with Gasteiger partial charge in [-0.25, -0.2) is 9.59 Å². The van der Waals surface area contributed by atoms with Gasteiger partial charge in [-0.15, -0.1) is 0 Å². The van der Waals surface area contributed by atoms with E-state index in [2.05, 4.69) is 10.1 Å². The Bertz CT molecular complexity index is 696. The average Bonchev–Trinajstić information content (AvgIpc) is 2.55. The van der Waals surface area contributed by atoms with Gasteiger partial charge in [-0.2, -0.15) is 0 Å². The number of esters is 1. The van der Waals surface area contributed by atoms with E-state index in [-0.39, 0.29) is 6.03 Å². The van der Waals surface area contributed by atoms with E-state index in [9.17, 15) is 9.59 Å². The number of methoxy groups -OCH3 is 1. The minimum Gasteiger partial charge on any atom is -0.465 e. The van der Waals surface area contributed by atoms with Crippen molar-refractivity contribution < 1.29 is 14.3 Å². The molecule has 2 amide bonds. The van der Waals surface area contributed by atoms with Gasteiger partial charge in [0, 0.05) is 17.9 Å². The second kappa shape index (κ2) is 7.45. The smallest absolute Gasteiger partial charge is 0.337 e. The third-order valence-corrected chi connectivity index (χ3v) is 3.43. The number of nitrogens with one attached hydrogen (secondary N) is 1. The molecule has 120 valence electrons. The minimum atomic E-state index is -0.405. The minimum absolute atomic E-state index is 0.219. The first kappa shape index (κ1) is 16.5. The van der Waals surface area contributed by atoms with E-state index in [1.165, 1.54) is 7.11 Å². The molecule has 0 aromatic heterocycles. The molecule has 0 aliphatic carbocycles. The lowest BCUT2D eigenvalue weighted by atomic mass is 10.2. The van der Waals surface area contributed by atoms with Crippen LogP contribution in [0.4, 0.5) is 16.2 Å². The van der Waals surface area contributed by atoms with Crippen molar-refractivity contribution in [3.05, 3.63) is 59.7 Å². The summed E-state index contributed by atoms with van der Waals surface area (Å²) in [5.74, 6) is -0.405. The molecule has 0 saturated heterocycles. The number of carbonyl (C=O) groups excluding carboxylic acids is 2. The summed E-state index contributed by atoms with van der Waals surface area (Å²) in [4.78, 5) is 25.5. The summed E-state index contributed by atoms with van der Waals surface area (Å²) in [7, 11) is 1.33. The van der Waals surface area contributed by atoms with E-state index in [1.54, 1.807) is 29.2 Å². The van der Waals surface area contributed by atoms with Crippen molar-refractivity contribution in [1.82, 2.24) is 0 Å². The van der Waals surface area contributed by atoms with Crippen LogP contribution >= 0.6 is 0 Å². The number of ether oxygens (including phenoxy) is 1. The molecule has 2 aromatic carbocycles. The summed E-state index contributed by atoms with van der Waals surface area (Å²) in [6.07, 6.45) is 0. The molecule has 0 unspecified atom stereocenters. The first-order valence-electron chi connectivity index (χ1n) is 7.38. The summed E-state index contributed by atoms with van der Waals surface area (Å²) < 4.78 is 4.65. The van der Waals surface area contributed by atoms with Gasteiger partial charge in [-0.3, -0.25) is 4.90 Å². The number of aryl methyl sites for hydroxylation is 1. The molecule has 0 radical (unpaired) electrons. The number of amides is 2. The van der Waals surface area contributed by atoms with Gasteiger partial charge < -0.3 is 10.1 Å². The van der Waals surface area contributed by atoms with Gasteiger partial charge in [0.25, 0.3) is 0 Å². The van der Waals surface area contributed by atoms with E-state index >= 15 is 0 Å². The van der Waals surface area contributed by atoms with Crippen molar-refractivity contribution in [3.63, 3.8) is 0 Å². The van der Waals surface area contributed by atoms with Crippen molar-refractivity contribution in [1.29, 1.82) is 0 Å². The highest BCUT2D eigenvalue weighted by molar-refractivity contribution is 6.02. The van der Waals surface area contributed by atoms with Crippen molar-refractivity contribution >= 4 is 23.4 Å². The number of nitrogens with zero attached hydrogens (tertiary/aromatic N) is 1. The molecular weight excluding hydrogens is 292 g/mol. The zero-order valence-corrected chi connectivity index (χ0v) is 13.5. The molecule has 0 aliphatic heterocycles. The van der Waals surface area contributed by atoms with Gasteiger partial charge >= 0.3 is 12.0 Å². The summed E-state index contributed by atoms with van der Waals surface area (Å²) in [6, 6.07) is 14.1. The summed E-state index contributed by atoms with van der Waals surface area (Å²) in [5.41, 5.74) is 3.00. The quantitative estimate of drug-likeness (QED) is 0.873. The fourth-order valence-electron chi connectivity index (χ4n) is 2.24. The van der Waals surface area contributed by atoms with E-state index < -0.39 is 5.97 Å². The highest BCUT2D eigenvalue weighted by Gasteiger charge is 2.14. The highest BCUT2D eigenvalue weighted by Crippen LogP contribution is 2.18. The third kappa shape index (κ3) is 4.10. The summed E-state index contributed by atoms with van der Waals surface area (Å²) in [6.45, 7) is 4.46. The molecular formula is C18H20N2O3. The average molecular weight is 312 g/mol. The first-order chi connectivity index (χ1) is 11.0. The number of carbonyl (C=O) groups is 2. The van der Waals surface area contributed by atoms with Gasteiger partial charge in [0.05, 0.1) is 12.7 Å². The standard InChI is InChI=1S/C18H20N2O3/c1-4-20(16-7-5-6-13(2)12-16)18(22)19-15-10-8-14(9-11-15)17(21)23-3/h5-12H,4H2,1-3H3,(H,19,22). The van der Waals surface area contributed by atoms with Crippen molar-refractivity contribution in [2.45, 2.75) is 13.8 Å². The highest BCUT2D eigenvalue weighted by atomic mass is 16.5. The fourth-order valence-corrected chi connectivity index (χ4v) is 2.24. The molecule has 0 atom stereocenters. The molecule has 2 aromatic rings. The van der Waals surface area contributed by atoms with E-state index in [4.69, 9.17) is 0 Å². The Morgan fingerprint density at radius 2 is 1.83 bits per heavy atom. The zero-order chi connectivity index (χ0) is 16.8. The topological polar surface area (TPSA) is 58.6 Å². The number of anilines is 2. The second-order valence-corrected chi connectivity index (χ2v) is 5.08. The maximum atomic E-state index is 12.5. The Hall–Kier alpha value is -2.82. The molecule has 5 heteroatoms. The Balaban J connectivity index is 2.12. The molecule has 0 saturated carbocycles. The van der Waals surface area contributed by atoms with E-state index in [0.29, 0.717) is 17.8 Å². The molecule has 0 aliphatic rings. The van der Waals surface area contributed by atoms with E-state index in [0.717, 1.165) is 11.3 Å². The molecule has 0 heterocycles. The van der Waals surface area contributed by atoms with Crippen LogP contribution in [0.15, 0.2) is 48.5 Å². The van der Waals surface area contributed by atoms with Crippen LogP contribution in [-0.2, 0) is 4.74 Å². The number of hydrogen-bond donors (Lipinski definition) is 1. The lowest BCUT2D eigenvalue weighted by Gasteiger charge is -2.22. The van der Waals surface area contributed by atoms with Gasteiger partial charge in [0.2, 0.25) is 0 Å². The number of hydrogen-bond acceptors (Lipinski definition) is 3. The van der Waals surface area contributed by atoms with Gasteiger partial charge in [-0.1, -0.05) is 12.1 Å². The SMILES string of the molecule is CCN(C(=O)Nc1ccc(C(=O)OC)cc1)c1cccc(C)c1. The molecule has 5 nitrogen and oxygen atoms in total. The lowest BCUT2D eigenvalue weighted by Crippen LogP contribution is -2.34. The van der Waals surface area contributed by atoms with Crippen LogP contribution in [0.2, 0.25) is 0 Å². The Morgan fingerprint density at radius 3 is 2.39 bits per heavy atom. The largest absolute Gasteiger partial charge is 0.465 e. The summed E-state index contributed by atoms with van der Waals surface area (Å²) in [5, 5.41) is 2.83. The molecule has 0 fully saturated rings. The Morgan fingerprint density at radius 1 is 1.13 bits per heavy atom. The molecule has 2 rings (SSSR count). The normalized spacial score (nSPS) is 10.0. The molecule has 0 bridgehead atoms. The molecule has 23 heavy (non-hydrogen) atoms. The van der Waals surface area contributed by atoms with Crippen LogP contribution in [0.5, 0.6) is 0 Å². The Labute approximate surface area is 135 Å². The predicted octanol–water partition coefficient (Wildman–Crippen LogP) is 3.84. The number of urea groups is 1. The predicted molar refractivity (Wildman–Crippen MR) is 91.0 cm³/mol. The number of rotatable bonds is 4. The van der Waals surface area contributed by atoms with Crippen molar-refractivity contribution in [3.8, 4) is 0 Å². The van der Waals surface area contributed by atoms with Gasteiger partial charge in [0.15, 0.2) is 0 Å². The number of benzene rings is 2. The van der Waals surface area contributed by atoms with Gasteiger partial charge in [-0.05, 0) is 55.8 Å². The van der Waals surface area contributed by atoms with Crippen LogP contribution in [-0.4, -0.2) is 25.7 Å². The van der Waals surface area contributed by atoms with Gasteiger partial charge in [0.1, 0.15) is 0 Å². The van der Waals surface area contributed by atoms with Crippen LogP contribution in [0.25, 0.3) is 0 Å². The van der Waals surface area contributed by atoms with E-state index in [1.807, 2.05) is 38.1 Å².